The van der Waals surface area contributed by atoms with Crippen LogP contribution in [-0.2, 0) is 23.8 Å². The first-order valence-electron chi connectivity index (χ1n) is 7.91. The molecule has 1 heterocycles. The maximum Gasteiger partial charge on any atom is 0.416 e. The van der Waals surface area contributed by atoms with Crippen molar-refractivity contribution in [3.8, 4) is 0 Å². The Balaban J connectivity index is 1.51. The number of nitrogens with one attached hydrogen (secondary N) is 2. The minimum absolute atomic E-state index is 0.114. The molecule has 6 heteroatoms. The van der Waals surface area contributed by atoms with E-state index in [1.54, 1.807) is 0 Å². The second-order valence-corrected chi connectivity index (χ2v) is 5.83. The molecule has 0 saturated heterocycles. The lowest BCUT2D eigenvalue weighted by molar-refractivity contribution is -0.137. The number of aromatic amines is 1. The van der Waals surface area contributed by atoms with E-state index in [1.165, 1.54) is 12.1 Å². The molecule has 130 valence electrons. The topological polar surface area (TPSA) is 44.9 Å². The monoisotopic (exact) mass is 346 g/mol. The Morgan fingerprint density at radius 1 is 1.04 bits per heavy atom. The lowest BCUT2D eigenvalue weighted by atomic mass is 10.1. The normalized spacial score (nSPS) is 11.6. The Kier molecular flexibility index (Phi) is 4.79. The predicted molar refractivity (Wildman–Crippen MR) is 90.2 cm³/mol. The first-order chi connectivity index (χ1) is 11.9. The summed E-state index contributed by atoms with van der Waals surface area (Å²) in [5.74, 6) is -0.114. The lowest BCUT2D eigenvalue weighted by Crippen LogP contribution is -2.27. The van der Waals surface area contributed by atoms with Crippen LogP contribution in [0.2, 0.25) is 0 Å². The molecule has 25 heavy (non-hydrogen) atoms. The second kappa shape index (κ2) is 7.01. The van der Waals surface area contributed by atoms with Crippen molar-refractivity contribution in [1.82, 2.24) is 10.3 Å². The summed E-state index contributed by atoms with van der Waals surface area (Å²) in [5, 5.41) is 3.82. The zero-order chi connectivity index (χ0) is 17.9. The molecule has 0 saturated carbocycles. The molecule has 2 aromatic carbocycles. The number of H-pyrrole nitrogens is 1. The molecule has 0 unspecified atom stereocenters. The van der Waals surface area contributed by atoms with E-state index in [2.05, 4.69) is 10.3 Å². The van der Waals surface area contributed by atoms with E-state index in [1.807, 2.05) is 30.5 Å². The number of alkyl halides is 3. The van der Waals surface area contributed by atoms with E-state index in [4.69, 9.17) is 0 Å². The van der Waals surface area contributed by atoms with Gasteiger partial charge in [-0.15, -0.1) is 0 Å². The molecule has 0 spiro atoms. The molecule has 0 bridgehead atoms. The number of amides is 1. The van der Waals surface area contributed by atoms with Gasteiger partial charge in [0.25, 0.3) is 0 Å². The van der Waals surface area contributed by atoms with Crippen LogP contribution in [0.1, 0.15) is 16.7 Å². The van der Waals surface area contributed by atoms with Crippen LogP contribution in [0.5, 0.6) is 0 Å². The second-order valence-electron chi connectivity index (χ2n) is 5.83. The van der Waals surface area contributed by atoms with Crippen LogP contribution in [-0.4, -0.2) is 17.4 Å². The van der Waals surface area contributed by atoms with Crippen molar-refractivity contribution in [3.05, 3.63) is 71.4 Å². The number of rotatable bonds is 5. The number of carbonyl (C=O) groups excluding carboxylic acids is 1. The Morgan fingerprint density at radius 3 is 2.48 bits per heavy atom. The van der Waals surface area contributed by atoms with Crippen LogP contribution in [0.15, 0.2) is 54.7 Å². The summed E-state index contributed by atoms with van der Waals surface area (Å²) < 4.78 is 37.5. The van der Waals surface area contributed by atoms with E-state index in [-0.39, 0.29) is 12.3 Å². The molecule has 0 fully saturated rings. The number of para-hydroxylation sites is 1. The summed E-state index contributed by atoms with van der Waals surface area (Å²) in [5.41, 5.74) is 1.98. The largest absolute Gasteiger partial charge is 0.416 e. The third kappa shape index (κ3) is 4.21. The van der Waals surface area contributed by atoms with Crippen LogP contribution in [0.25, 0.3) is 10.9 Å². The highest BCUT2D eigenvalue weighted by molar-refractivity contribution is 5.88. The highest BCUT2D eigenvalue weighted by Gasteiger charge is 2.29. The number of benzene rings is 2. The molecule has 0 aliphatic rings. The molecule has 3 nitrogen and oxygen atoms in total. The van der Waals surface area contributed by atoms with E-state index in [0.717, 1.165) is 34.2 Å². The fraction of sp³-hybridized carbons (Fsp3) is 0.211. The van der Waals surface area contributed by atoms with Gasteiger partial charge in [0.15, 0.2) is 0 Å². The fourth-order valence-electron chi connectivity index (χ4n) is 2.72. The van der Waals surface area contributed by atoms with Crippen LogP contribution in [0.3, 0.4) is 0 Å². The van der Waals surface area contributed by atoms with Gasteiger partial charge in [0.2, 0.25) is 5.91 Å². The lowest BCUT2D eigenvalue weighted by Gasteiger charge is -2.08. The highest BCUT2D eigenvalue weighted by Crippen LogP contribution is 2.29. The summed E-state index contributed by atoms with van der Waals surface area (Å²) >= 11 is 0. The molecule has 1 aromatic heterocycles. The van der Waals surface area contributed by atoms with Crippen molar-refractivity contribution >= 4 is 16.8 Å². The fourth-order valence-corrected chi connectivity index (χ4v) is 2.72. The van der Waals surface area contributed by atoms with Crippen LogP contribution >= 0.6 is 0 Å². The van der Waals surface area contributed by atoms with Crippen molar-refractivity contribution in [2.24, 2.45) is 0 Å². The van der Waals surface area contributed by atoms with Crippen LogP contribution < -0.4 is 5.32 Å². The van der Waals surface area contributed by atoms with Crippen LogP contribution in [0.4, 0.5) is 13.2 Å². The molecular weight excluding hydrogens is 329 g/mol. The van der Waals surface area contributed by atoms with E-state index in [0.29, 0.717) is 13.0 Å². The Morgan fingerprint density at radius 2 is 1.76 bits per heavy atom. The van der Waals surface area contributed by atoms with E-state index >= 15 is 0 Å². The molecule has 3 aromatic rings. The van der Waals surface area contributed by atoms with Crippen molar-refractivity contribution < 1.29 is 18.0 Å². The number of halogens is 3. The van der Waals surface area contributed by atoms with Gasteiger partial charge < -0.3 is 10.3 Å². The number of carbonyl (C=O) groups is 1. The molecule has 0 atom stereocenters. The highest BCUT2D eigenvalue weighted by atomic mass is 19.4. The van der Waals surface area contributed by atoms with Gasteiger partial charge in [-0.3, -0.25) is 4.79 Å². The third-order valence-electron chi connectivity index (χ3n) is 4.04. The van der Waals surface area contributed by atoms with Crippen molar-refractivity contribution in [3.63, 3.8) is 0 Å². The van der Waals surface area contributed by atoms with E-state index < -0.39 is 11.7 Å². The molecule has 1 amide bonds. The zero-order valence-corrected chi connectivity index (χ0v) is 13.4. The van der Waals surface area contributed by atoms with Gasteiger partial charge in [0, 0.05) is 23.6 Å². The smallest absolute Gasteiger partial charge is 0.361 e. The van der Waals surface area contributed by atoms with Crippen LogP contribution in [0, 0.1) is 0 Å². The van der Waals surface area contributed by atoms with Gasteiger partial charge in [-0.2, -0.15) is 13.2 Å². The first-order valence-corrected chi connectivity index (χ1v) is 7.91. The average Bonchev–Trinajstić information content (AvgIpc) is 2.98. The van der Waals surface area contributed by atoms with E-state index in [9.17, 15) is 18.0 Å². The van der Waals surface area contributed by atoms with Gasteiger partial charge in [-0.05, 0) is 35.7 Å². The molecule has 0 aliphatic carbocycles. The minimum atomic E-state index is -4.33. The number of aromatic nitrogens is 1. The Bertz CT molecular complexity index is 866. The molecule has 3 rings (SSSR count). The summed E-state index contributed by atoms with van der Waals surface area (Å²) in [6, 6.07) is 12.7. The van der Waals surface area contributed by atoms with Gasteiger partial charge >= 0.3 is 6.18 Å². The zero-order valence-electron chi connectivity index (χ0n) is 13.4. The SMILES string of the molecule is O=C(Cc1c[nH]c2ccccc12)NCCc1ccc(C(F)(F)F)cc1. The number of hydrogen-bond acceptors (Lipinski definition) is 1. The minimum Gasteiger partial charge on any atom is -0.361 e. The quantitative estimate of drug-likeness (QED) is 0.718. The summed E-state index contributed by atoms with van der Waals surface area (Å²) in [6.45, 7) is 0.382. The first kappa shape index (κ1) is 17.1. The maximum atomic E-state index is 12.5. The van der Waals surface area contributed by atoms with Gasteiger partial charge in [0.05, 0.1) is 12.0 Å². The number of fused-ring (bicyclic) bond motifs is 1. The summed E-state index contributed by atoms with van der Waals surface area (Å²) in [4.78, 5) is 15.2. The van der Waals surface area contributed by atoms with Gasteiger partial charge in [-0.25, -0.2) is 0 Å². The van der Waals surface area contributed by atoms with Crippen molar-refractivity contribution in [2.75, 3.05) is 6.54 Å². The van der Waals surface area contributed by atoms with Gasteiger partial charge in [0.1, 0.15) is 0 Å². The molecule has 2 N–H and O–H groups in total. The summed E-state index contributed by atoms with van der Waals surface area (Å²) in [7, 11) is 0. The average molecular weight is 346 g/mol. The summed E-state index contributed by atoms with van der Waals surface area (Å²) in [6.07, 6.45) is -1.76. The number of hydrogen-bond donors (Lipinski definition) is 2. The molecule has 0 radical (unpaired) electrons. The predicted octanol–water partition coefficient (Wildman–Crippen LogP) is 4.09. The van der Waals surface area contributed by atoms with Gasteiger partial charge in [-0.1, -0.05) is 30.3 Å². The Labute approximate surface area is 142 Å². The van der Waals surface area contributed by atoms with Crippen molar-refractivity contribution in [2.45, 2.75) is 19.0 Å². The maximum absolute atomic E-state index is 12.5. The molecular formula is C19H17F3N2O. The standard InChI is InChI=1S/C19H17F3N2O/c20-19(21,22)15-7-5-13(6-8-15)9-10-23-18(25)11-14-12-24-17-4-2-1-3-16(14)17/h1-8,12,24H,9-11H2,(H,23,25). The Hall–Kier alpha value is -2.76. The third-order valence-corrected chi connectivity index (χ3v) is 4.04. The molecule has 0 aliphatic heterocycles. The van der Waals surface area contributed by atoms with Crippen molar-refractivity contribution in [1.29, 1.82) is 0 Å².